The zero-order valence-electron chi connectivity index (χ0n) is 9.34. The molecule has 18 heavy (non-hydrogen) atoms. The van der Waals surface area contributed by atoms with Gasteiger partial charge in [-0.2, -0.15) is 5.21 Å². The van der Waals surface area contributed by atoms with Crippen molar-refractivity contribution in [3.8, 4) is 0 Å². The van der Waals surface area contributed by atoms with Crippen LogP contribution in [-0.2, 0) is 6.54 Å². The van der Waals surface area contributed by atoms with Crippen LogP contribution in [0.1, 0.15) is 16.2 Å². The number of carbonyl (C=O) groups excluding carboxylic acids is 1. The van der Waals surface area contributed by atoms with Gasteiger partial charge in [-0.1, -0.05) is 11.3 Å². The molecule has 7 heteroatoms. The Bertz CT molecular complexity index is 672. The summed E-state index contributed by atoms with van der Waals surface area (Å²) in [6, 6.07) is 7.44. The monoisotopic (exact) mass is 242 g/mol. The molecule has 0 aliphatic carbocycles. The molecule has 3 rings (SSSR count). The zero-order chi connectivity index (χ0) is 12.4. The van der Waals surface area contributed by atoms with Gasteiger partial charge in [-0.3, -0.25) is 4.79 Å². The van der Waals surface area contributed by atoms with Crippen LogP contribution >= 0.6 is 0 Å². The summed E-state index contributed by atoms with van der Waals surface area (Å²) in [6.07, 6.45) is 1.84. The summed E-state index contributed by atoms with van der Waals surface area (Å²) in [6.45, 7) is 0.248. The van der Waals surface area contributed by atoms with Crippen LogP contribution in [0.15, 0.2) is 30.5 Å². The Balaban J connectivity index is 1.75. The molecule has 3 aromatic rings. The summed E-state index contributed by atoms with van der Waals surface area (Å²) in [7, 11) is 0. The van der Waals surface area contributed by atoms with Gasteiger partial charge in [-0.05, 0) is 23.6 Å². The van der Waals surface area contributed by atoms with E-state index in [9.17, 15) is 4.79 Å². The number of hydrogen-bond donors (Lipinski definition) is 3. The zero-order valence-corrected chi connectivity index (χ0v) is 9.34. The number of aromatic amines is 2. The minimum absolute atomic E-state index is 0.170. The summed E-state index contributed by atoms with van der Waals surface area (Å²) in [4.78, 5) is 15.0. The second-order valence-electron chi connectivity index (χ2n) is 3.79. The summed E-state index contributed by atoms with van der Waals surface area (Å²) >= 11 is 0. The van der Waals surface area contributed by atoms with E-state index in [0.29, 0.717) is 11.4 Å². The van der Waals surface area contributed by atoms with E-state index in [1.807, 2.05) is 18.3 Å². The quantitative estimate of drug-likeness (QED) is 0.626. The van der Waals surface area contributed by atoms with Gasteiger partial charge >= 0.3 is 0 Å². The lowest BCUT2D eigenvalue weighted by molar-refractivity contribution is 0.0950. The van der Waals surface area contributed by atoms with E-state index in [2.05, 4.69) is 30.9 Å². The smallest absolute Gasteiger partial charge is 0.251 e. The fourth-order valence-electron chi connectivity index (χ4n) is 1.71. The molecule has 0 radical (unpaired) electrons. The third-order valence-electron chi connectivity index (χ3n) is 2.61. The molecule has 1 amide bonds. The molecular formula is C11H10N6O. The van der Waals surface area contributed by atoms with Crippen LogP contribution in [0.3, 0.4) is 0 Å². The number of rotatable bonds is 3. The Kier molecular flexibility index (Phi) is 2.49. The Morgan fingerprint density at radius 1 is 1.33 bits per heavy atom. The van der Waals surface area contributed by atoms with Crippen molar-refractivity contribution in [1.29, 1.82) is 0 Å². The molecule has 0 spiro atoms. The molecule has 0 saturated carbocycles. The van der Waals surface area contributed by atoms with E-state index in [-0.39, 0.29) is 12.5 Å². The van der Waals surface area contributed by atoms with E-state index in [1.165, 1.54) is 0 Å². The molecule has 0 fully saturated rings. The highest BCUT2D eigenvalue weighted by Crippen LogP contribution is 2.13. The van der Waals surface area contributed by atoms with Crippen molar-refractivity contribution in [2.45, 2.75) is 6.54 Å². The fraction of sp³-hybridized carbons (Fsp3) is 0.0909. The maximum Gasteiger partial charge on any atom is 0.251 e. The number of benzene rings is 1. The summed E-state index contributed by atoms with van der Waals surface area (Å²) < 4.78 is 0. The average molecular weight is 242 g/mol. The first kappa shape index (κ1) is 10.5. The highest BCUT2D eigenvalue weighted by Gasteiger charge is 2.07. The maximum absolute atomic E-state index is 11.9. The van der Waals surface area contributed by atoms with Gasteiger partial charge in [0.2, 0.25) is 0 Å². The van der Waals surface area contributed by atoms with E-state index in [0.717, 1.165) is 10.9 Å². The molecular weight excluding hydrogens is 232 g/mol. The minimum atomic E-state index is -0.170. The van der Waals surface area contributed by atoms with Crippen LogP contribution in [0.4, 0.5) is 0 Å². The van der Waals surface area contributed by atoms with Crippen molar-refractivity contribution in [2.75, 3.05) is 0 Å². The summed E-state index contributed by atoms with van der Waals surface area (Å²) in [5, 5.41) is 17.0. The van der Waals surface area contributed by atoms with Gasteiger partial charge in [0.1, 0.15) is 0 Å². The van der Waals surface area contributed by atoms with Gasteiger partial charge < -0.3 is 10.3 Å². The van der Waals surface area contributed by atoms with E-state index in [1.54, 1.807) is 12.1 Å². The predicted octanol–water partition coefficient (Wildman–Crippen LogP) is 0.611. The van der Waals surface area contributed by atoms with Gasteiger partial charge in [0.05, 0.1) is 6.54 Å². The first-order valence-electron chi connectivity index (χ1n) is 5.40. The van der Waals surface area contributed by atoms with Crippen molar-refractivity contribution < 1.29 is 4.79 Å². The Morgan fingerprint density at radius 3 is 3.11 bits per heavy atom. The molecule has 0 unspecified atom stereocenters. The number of nitrogens with zero attached hydrogens (tertiary/aromatic N) is 3. The summed E-state index contributed by atoms with van der Waals surface area (Å²) in [5.74, 6) is 0.278. The van der Waals surface area contributed by atoms with Gasteiger partial charge in [0, 0.05) is 17.3 Å². The fourth-order valence-corrected chi connectivity index (χ4v) is 1.71. The van der Waals surface area contributed by atoms with Crippen LogP contribution in [0.2, 0.25) is 0 Å². The number of nitrogens with one attached hydrogen (secondary N) is 3. The standard InChI is InChI=1S/C11H10N6O/c18-11(13-6-10-14-16-17-15-10)8-2-1-7-3-4-12-9(7)5-8/h1-5,12H,6H2,(H,13,18)(H,14,15,16,17). The van der Waals surface area contributed by atoms with Gasteiger partial charge in [0.15, 0.2) is 5.82 Å². The van der Waals surface area contributed by atoms with Crippen molar-refractivity contribution in [2.24, 2.45) is 0 Å². The molecule has 2 heterocycles. The number of aromatic nitrogens is 5. The molecule has 0 saturated heterocycles. The van der Waals surface area contributed by atoms with Crippen molar-refractivity contribution in [3.05, 3.63) is 41.9 Å². The second-order valence-corrected chi connectivity index (χ2v) is 3.79. The Labute approximate surface area is 102 Å². The molecule has 7 nitrogen and oxygen atoms in total. The predicted molar refractivity (Wildman–Crippen MR) is 63.6 cm³/mol. The third-order valence-corrected chi connectivity index (χ3v) is 2.61. The molecule has 0 aliphatic heterocycles. The van der Waals surface area contributed by atoms with Crippen LogP contribution < -0.4 is 5.32 Å². The van der Waals surface area contributed by atoms with E-state index >= 15 is 0 Å². The molecule has 1 aromatic carbocycles. The number of hydrogen-bond acceptors (Lipinski definition) is 4. The lowest BCUT2D eigenvalue weighted by atomic mass is 10.1. The first-order chi connectivity index (χ1) is 8.83. The largest absolute Gasteiger partial charge is 0.361 e. The average Bonchev–Trinajstić information content (AvgIpc) is 3.05. The van der Waals surface area contributed by atoms with E-state index < -0.39 is 0 Å². The second kappa shape index (κ2) is 4.28. The van der Waals surface area contributed by atoms with Crippen LogP contribution in [-0.4, -0.2) is 31.5 Å². The third kappa shape index (κ3) is 1.93. The molecule has 0 atom stereocenters. The van der Waals surface area contributed by atoms with Gasteiger partial charge in [-0.25, -0.2) is 0 Å². The normalized spacial score (nSPS) is 10.7. The molecule has 0 bridgehead atoms. The topological polar surface area (TPSA) is 99.3 Å². The maximum atomic E-state index is 11.9. The van der Waals surface area contributed by atoms with Crippen molar-refractivity contribution >= 4 is 16.8 Å². The lowest BCUT2D eigenvalue weighted by Crippen LogP contribution is -2.23. The van der Waals surface area contributed by atoms with Gasteiger partial charge in [-0.15, -0.1) is 10.2 Å². The van der Waals surface area contributed by atoms with Gasteiger partial charge in [0.25, 0.3) is 5.91 Å². The number of tetrazole rings is 1. The van der Waals surface area contributed by atoms with Crippen molar-refractivity contribution in [1.82, 2.24) is 30.9 Å². The van der Waals surface area contributed by atoms with Crippen LogP contribution in [0, 0.1) is 0 Å². The Hall–Kier alpha value is -2.70. The molecule has 0 aliphatic rings. The van der Waals surface area contributed by atoms with Crippen LogP contribution in [0.5, 0.6) is 0 Å². The number of amides is 1. The van der Waals surface area contributed by atoms with Crippen LogP contribution in [0.25, 0.3) is 10.9 Å². The van der Waals surface area contributed by atoms with Crippen molar-refractivity contribution in [3.63, 3.8) is 0 Å². The SMILES string of the molecule is O=C(NCc1nn[nH]n1)c1ccc2cc[nH]c2c1. The molecule has 90 valence electrons. The summed E-state index contributed by atoms with van der Waals surface area (Å²) in [5.41, 5.74) is 1.52. The molecule has 2 aromatic heterocycles. The molecule has 3 N–H and O–H groups in total. The highest BCUT2D eigenvalue weighted by atomic mass is 16.1. The Morgan fingerprint density at radius 2 is 2.28 bits per heavy atom. The number of carbonyl (C=O) groups is 1. The minimum Gasteiger partial charge on any atom is -0.361 e. The first-order valence-corrected chi connectivity index (χ1v) is 5.40. The lowest BCUT2D eigenvalue weighted by Gasteiger charge is -2.02. The number of H-pyrrole nitrogens is 2. The highest BCUT2D eigenvalue weighted by molar-refractivity contribution is 5.97. The number of fused-ring (bicyclic) bond motifs is 1. The van der Waals surface area contributed by atoms with E-state index in [4.69, 9.17) is 0 Å².